The highest BCUT2D eigenvalue weighted by Gasteiger charge is 2.17. The van der Waals surface area contributed by atoms with Crippen LogP contribution in [0.2, 0.25) is 0 Å². The second-order valence-electron chi connectivity index (χ2n) is 4.59. The normalized spacial score (nSPS) is 10.1. The summed E-state index contributed by atoms with van der Waals surface area (Å²) < 4.78 is 5.02. The predicted octanol–water partition coefficient (Wildman–Crippen LogP) is 1.83. The van der Waals surface area contributed by atoms with Crippen LogP contribution in [0.4, 0.5) is 5.82 Å². The number of halogens is 1. The van der Waals surface area contributed by atoms with E-state index < -0.39 is 0 Å². The van der Waals surface area contributed by atoms with E-state index in [0.717, 1.165) is 0 Å². The van der Waals surface area contributed by atoms with Gasteiger partial charge in [-0.25, -0.2) is 4.98 Å². The lowest BCUT2D eigenvalue weighted by Crippen LogP contribution is -2.37. The zero-order valence-electron chi connectivity index (χ0n) is 11.6. The third kappa shape index (κ3) is 5.89. The lowest BCUT2D eigenvalue weighted by molar-refractivity contribution is 0.0666. The predicted molar refractivity (Wildman–Crippen MR) is 78.5 cm³/mol. The Bertz CT molecular complexity index is 399. The van der Waals surface area contributed by atoms with Crippen molar-refractivity contribution in [2.75, 3.05) is 32.5 Å². The topological polar surface area (TPSA) is 68.5 Å². The average Bonchev–Trinajstić information content (AvgIpc) is 2.33. The SMILES string of the molecule is COCCN(CC(C)C)C(=O)c1cccc(N)n1.Cl. The van der Waals surface area contributed by atoms with E-state index >= 15 is 0 Å². The molecule has 1 amide bonds. The van der Waals surface area contributed by atoms with Crippen LogP contribution in [0.3, 0.4) is 0 Å². The van der Waals surface area contributed by atoms with Crippen LogP contribution in [0.25, 0.3) is 0 Å². The Hall–Kier alpha value is -1.33. The van der Waals surface area contributed by atoms with Crippen molar-refractivity contribution in [1.82, 2.24) is 9.88 Å². The van der Waals surface area contributed by atoms with Crippen LogP contribution in [0.5, 0.6) is 0 Å². The molecule has 0 aliphatic carbocycles. The number of amides is 1. The van der Waals surface area contributed by atoms with Crippen molar-refractivity contribution in [3.05, 3.63) is 23.9 Å². The Kier molecular flexibility index (Phi) is 8.11. The molecule has 0 spiro atoms. The van der Waals surface area contributed by atoms with Gasteiger partial charge in [0.25, 0.3) is 5.91 Å². The van der Waals surface area contributed by atoms with Gasteiger partial charge in [0.15, 0.2) is 0 Å². The first kappa shape index (κ1) is 17.7. The van der Waals surface area contributed by atoms with E-state index in [4.69, 9.17) is 10.5 Å². The molecule has 0 radical (unpaired) electrons. The molecule has 0 unspecified atom stereocenters. The molecule has 1 rings (SSSR count). The summed E-state index contributed by atoms with van der Waals surface area (Å²) in [5.41, 5.74) is 5.97. The fraction of sp³-hybridized carbons (Fsp3) is 0.538. The van der Waals surface area contributed by atoms with E-state index in [0.29, 0.717) is 37.1 Å². The molecule has 1 aromatic rings. The largest absolute Gasteiger partial charge is 0.384 e. The van der Waals surface area contributed by atoms with Crippen molar-refractivity contribution in [3.63, 3.8) is 0 Å². The number of aromatic nitrogens is 1. The second kappa shape index (κ2) is 8.72. The highest BCUT2D eigenvalue weighted by Crippen LogP contribution is 2.07. The maximum Gasteiger partial charge on any atom is 0.272 e. The average molecular weight is 288 g/mol. The van der Waals surface area contributed by atoms with Gasteiger partial charge >= 0.3 is 0 Å². The van der Waals surface area contributed by atoms with Gasteiger partial charge in [0.1, 0.15) is 11.5 Å². The van der Waals surface area contributed by atoms with Gasteiger partial charge in [0, 0.05) is 20.2 Å². The number of methoxy groups -OCH3 is 1. The lowest BCUT2D eigenvalue weighted by Gasteiger charge is -2.24. The fourth-order valence-corrected chi connectivity index (χ4v) is 1.65. The highest BCUT2D eigenvalue weighted by molar-refractivity contribution is 5.92. The van der Waals surface area contributed by atoms with Gasteiger partial charge in [0.2, 0.25) is 0 Å². The number of nitrogen functional groups attached to an aromatic ring is 1. The molecule has 0 bridgehead atoms. The molecular formula is C13H22ClN3O2. The van der Waals surface area contributed by atoms with E-state index in [-0.39, 0.29) is 18.3 Å². The molecule has 0 aliphatic rings. The van der Waals surface area contributed by atoms with Gasteiger partial charge in [-0.1, -0.05) is 19.9 Å². The van der Waals surface area contributed by atoms with Crippen molar-refractivity contribution in [2.45, 2.75) is 13.8 Å². The third-order valence-electron chi connectivity index (χ3n) is 2.43. The summed E-state index contributed by atoms with van der Waals surface area (Å²) in [4.78, 5) is 18.1. The zero-order valence-corrected chi connectivity index (χ0v) is 12.4. The van der Waals surface area contributed by atoms with Gasteiger partial charge in [-0.15, -0.1) is 12.4 Å². The number of hydrogen-bond donors (Lipinski definition) is 1. The van der Waals surface area contributed by atoms with Crippen LogP contribution in [-0.4, -0.2) is 42.6 Å². The molecule has 0 saturated carbocycles. The van der Waals surface area contributed by atoms with Gasteiger partial charge < -0.3 is 15.4 Å². The molecule has 0 aromatic carbocycles. The molecular weight excluding hydrogens is 266 g/mol. The number of rotatable bonds is 6. The van der Waals surface area contributed by atoms with Crippen LogP contribution >= 0.6 is 12.4 Å². The first-order chi connectivity index (χ1) is 8.54. The number of carbonyl (C=O) groups excluding carboxylic acids is 1. The molecule has 0 atom stereocenters. The number of pyridine rings is 1. The zero-order chi connectivity index (χ0) is 13.5. The monoisotopic (exact) mass is 287 g/mol. The standard InChI is InChI=1S/C13H21N3O2.ClH/c1-10(2)9-16(7-8-18-3)13(17)11-5-4-6-12(14)15-11;/h4-6,10H,7-9H2,1-3H3,(H2,14,15);1H. The Morgan fingerprint density at radius 3 is 2.68 bits per heavy atom. The first-order valence-corrected chi connectivity index (χ1v) is 6.05. The first-order valence-electron chi connectivity index (χ1n) is 6.05. The van der Waals surface area contributed by atoms with Crippen LogP contribution < -0.4 is 5.73 Å². The summed E-state index contributed by atoms with van der Waals surface area (Å²) in [5.74, 6) is 0.650. The minimum absolute atomic E-state index is 0. The molecule has 0 saturated heterocycles. The van der Waals surface area contributed by atoms with Crippen molar-refractivity contribution in [2.24, 2.45) is 5.92 Å². The number of anilines is 1. The molecule has 0 fully saturated rings. The number of ether oxygens (including phenoxy) is 1. The second-order valence-corrected chi connectivity index (χ2v) is 4.59. The Balaban J connectivity index is 0.00000324. The van der Waals surface area contributed by atoms with Crippen LogP contribution in [0, 0.1) is 5.92 Å². The van der Waals surface area contributed by atoms with Gasteiger partial charge in [0.05, 0.1) is 6.61 Å². The van der Waals surface area contributed by atoms with E-state index in [1.54, 1.807) is 30.2 Å². The number of nitrogens with two attached hydrogens (primary N) is 1. The molecule has 19 heavy (non-hydrogen) atoms. The van der Waals surface area contributed by atoms with E-state index in [9.17, 15) is 4.79 Å². The van der Waals surface area contributed by atoms with Gasteiger partial charge in [-0.3, -0.25) is 4.79 Å². The van der Waals surface area contributed by atoms with Crippen molar-refractivity contribution in [3.8, 4) is 0 Å². The molecule has 5 nitrogen and oxygen atoms in total. The molecule has 108 valence electrons. The van der Waals surface area contributed by atoms with E-state index in [2.05, 4.69) is 18.8 Å². The number of hydrogen-bond acceptors (Lipinski definition) is 4. The Labute approximate surface area is 120 Å². The lowest BCUT2D eigenvalue weighted by atomic mass is 10.2. The Morgan fingerprint density at radius 1 is 1.47 bits per heavy atom. The maximum atomic E-state index is 12.3. The fourth-order valence-electron chi connectivity index (χ4n) is 1.65. The van der Waals surface area contributed by atoms with Crippen molar-refractivity contribution >= 4 is 24.1 Å². The minimum Gasteiger partial charge on any atom is -0.384 e. The quantitative estimate of drug-likeness (QED) is 0.867. The van der Waals surface area contributed by atoms with Crippen LogP contribution in [0.1, 0.15) is 24.3 Å². The van der Waals surface area contributed by atoms with Crippen molar-refractivity contribution < 1.29 is 9.53 Å². The Morgan fingerprint density at radius 2 is 2.16 bits per heavy atom. The van der Waals surface area contributed by atoms with Crippen LogP contribution in [-0.2, 0) is 4.74 Å². The molecule has 1 heterocycles. The van der Waals surface area contributed by atoms with Gasteiger partial charge in [-0.2, -0.15) is 0 Å². The highest BCUT2D eigenvalue weighted by atomic mass is 35.5. The smallest absolute Gasteiger partial charge is 0.272 e. The number of nitrogens with zero attached hydrogens (tertiary/aromatic N) is 2. The molecule has 6 heteroatoms. The summed E-state index contributed by atoms with van der Waals surface area (Å²) in [7, 11) is 1.62. The number of carbonyl (C=O) groups is 1. The van der Waals surface area contributed by atoms with Crippen molar-refractivity contribution in [1.29, 1.82) is 0 Å². The third-order valence-corrected chi connectivity index (χ3v) is 2.43. The molecule has 2 N–H and O–H groups in total. The molecule has 0 aliphatic heterocycles. The summed E-state index contributed by atoms with van der Waals surface area (Å²) in [6, 6.07) is 5.08. The van der Waals surface area contributed by atoms with Crippen LogP contribution in [0.15, 0.2) is 18.2 Å². The summed E-state index contributed by atoms with van der Waals surface area (Å²) in [6.07, 6.45) is 0. The summed E-state index contributed by atoms with van der Waals surface area (Å²) in [6.45, 7) is 5.89. The molecule has 1 aromatic heterocycles. The van der Waals surface area contributed by atoms with Gasteiger partial charge in [-0.05, 0) is 18.1 Å². The van der Waals surface area contributed by atoms with E-state index in [1.807, 2.05) is 0 Å². The van der Waals surface area contributed by atoms with E-state index in [1.165, 1.54) is 0 Å². The maximum absolute atomic E-state index is 12.3. The summed E-state index contributed by atoms with van der Waals surface area (Å²) >= 11 is 0. The summed E-state index contributed by atoms with van der Waals surface area (Å²) in [5, 5.41) is 0. The minimum atomic E-state index is -0.104.